The second-order valence-corrected chi connectivity index (χ2v) is 7.40. The van der Waals surface area contributed by atoms with Crippen LogP contribution in [0.2, 0.25) is 0 Å². The van der Waals surface area contributed by atoms with Crippen LogP contribution in [-0.4, -0.2) is 38.9 Å². The molecule has 1 fully saturated rings. The van der Waals surface area contributed by atoms with Crippen molar-refractivity contribution in [3.05, 3.63) is 28.5 Å². The number of nitrogens with one attached hydrogen (secondary N) is 1. The zero-order valence-corrected chi connectivity index (χ0v) is 13.7. The fourth-order valence-corrected chi connectivity index (χ4v) is 4.27. The monoisotopic (exact) mass is 378 g/mol. The highest BCUT2D eigenvalue weighted by Gasteiger charge is 2.20. The molecule has 1 aromatic rings. The van der Waals surface area contributed by atoms with Gasteiger partial charge in [0.1, 0.15) is 5.82 Å². The highest BCUT2D eigenvalue weighted by atomic mass is 79.9. The van der Waals surface area contributed by atoms with E-state index in [0.29, 0.717) is 0 Å². The molecule has 8 heteroatoms. The Kier molecular flexibility index (Phi) is 5.34. The minimum Gasteiger partial charge on any atom is -0.343 e. The summed E-state index contributed by atoms with van der Waals surface area (Å²) in [6.07, 6.45) is 2.12. The molecular formula is C13H16BrFN2O3S. The van der Waals surface area contributed by atoms with Gasteiger partial charge in [-0.25, -0.2) is 17.5 Å². The van der Waals surface area contributed by atoms with E-state index in [4.69, 9.17) is 0 Å². The molecule has 1 saturated heterocycles. The van der Waals surface area contributed by atoms with Crippen LogP contribution in [-0.2, 0) is 14.8 Å². The second-order valence-electron chi connectivity index (χ2n) is 4.81. The van der Waals surface area contributed by atoms with Gasteiger partial charge in [0, 0.05) is 30.5 Å². The Morgan fingerprint density at radius 2 is 2.00 bits per heavy atom. The molecule has 0 bridgehead atoms. The number of carbonyl (C=O) groups is 1. The number of carbonyl (C=O) groups excluding carboxylic acids is 1. The van der Waals surface area contributed by atoms with Crippen molar-refractivity contribution < 1.29 is 17.6 Å². The van der Waals surface area contributed by atoms with Gasteiger partial charge in [-0.3, -0.25) is 4.79 Å². The van der Waals surface area contributed by atoms with Crippen LogP contribution in [0.3, 0.4) is 0 Å². The van der Waals surface area contributed by atoms with Crippen molar-refractivity contribution in [1.29, 1.82) is 0 Å². The topological polar surface area (TPSA) is 66.5 Å². The molecule has 0 saturated carbocycles. The Labute approximate surface area is 131 Å². The molecule has 0 spiro atoms. The first-order valence-electron chi connectivity index (χ1n) is 6.62. The van der Waals surface area contributed by atoms with Gasteiger partial charge in [0.2, 0.25) is 15.9 Å². The first-order chi connectivity index (χ1) is 9.90. The van der Waals surface area contributed by atoms with E-state index in [1.54, 1.807) is 4.90 Å². The lowest BCUT2D eigenvalue weighted by atomic mass is 10.3. The molecule has 1 aromatic carbocycles. The van der Waals surface area contributed by atoms with Gasteiger partial charge >= 0.3 is 0 Å². The molecule has 0 aromatic heterocycles. The van der Waals surface area contributed by atoms with Crippen molar-refractivity contribution in [1.82, 2.24) is 9.62 Å². The predicted molar refractivity (Wildman–Crippen MR) is 79.7 cm³/mol. The summed E-state index contributed by atoms with van der Waals surface area (Å²) in [6, 6.07) is 3.35. The molecule has 1 amide bonds. The maximum Gasteiger partial charge on any atom is 0.241 e. The maximum absolute atomic E-state index is 13.0. The van der Waals surface area contributed by atoms with Crippen LogP contribution in [0.5, 0.6) is 0 Å². The van der Waals surface area contributed by atoms with Gasteiger partial charge in [-0.1, -0.05) is 0 Å². The summed E-state index contributed by atoms with van der Waals surface area (Å²) >= 11 is 3.02. The van der Waals surface area contributed by atoms with E-state index >= 15 is 0 Å². The molecule has 116 valence electrons. The number of nitrogens with zero attached hydrogens (tertiary/aromatic N) is 1. The average Bonchev–Trinajstić information content (AvgIpc) is 2.91. The van der Waals surface area contributed by atoms with Gasteiger partial charge in [0.15, 0.2) is 0 Å². The Hall–Kier alpha value is -0.990. The minimum atomic E-state index is -3.76. The fraction of sp³-hybridized carbons (Fsp3) is 0.462. The Morgan fingerprint density at radius 3 is 2.62 bits per heavy atom. The summed E-state index contributed by atoms with van der Waals surface area (Å²) in [4.78, 5) is 13.5. The number of hydrogen-bond donors (Lipinski definition) is 1. The molecule has 1 heterocycles. The molecule has 0 atom stereocenters. The fourth-order valence-electron chi connectivity index (χ4n) is 2.19. The molecule has 0 radical (unpaired) electrons. The molecule has 1 aliphatic heterocycles. The van der Waals surface area contributed by atoms with Crippen LogP contribution in [0.15, 0.2) is 27.6 Å². The van der Waals surface area contributed by atoms with E-state index in [-0.39, 0.29) is 28.2 Å². The average molecular weight is 379 g/mol. The van der Waals surface area contributed by atoms with E-state index in [9.17, 15) is 17.6 Å². The van der Waals surface area contributed by atoms with Crippen LogP contribution in [0.25, 0.3) is 0 Å². The quantitative estimate of drug-likeness (QED) is 0.850. The molecular weight excluding hydrogens is 363 g/mol. The first-order valence-corrected chi connectivity index (χ1v) is 8.90. The number of hydrogen-bond acceptors (Lipinski definition) is 3. The smallest absolute Gasteiger partial charge is 0.241 e. The third kappa shape index (κ3) is 4.24. The van der Waals surface area contributed by atoms with Crippen molar-refractivity contribution in [2.75, 3.05) is 19.6 Å². The van der Waals surface area contributed by atoms with Gasteiger partial charge < -0.3 is 4.90 Å². The minimum absolute atomic E-state index is 0.0292. The van der Waals surface area contributed by atoms with Gasteiger partial charge in [0.05, 0.1) is 4.90 Å². The molecule has 21 heavy (non-hydrogen) atoms. The standard InChI is InChI=1S/C13H16BrFN2O3S/c14-11-9-10(15)3-4-12(11)21(19,20)16-6-5-13(18)17-7-1-2-8-17/h3-4,9,16H,1-2,5-8H2. The summed E-state index contributed by atoms with van der Waals surface area (Å²) in [5, 5.41) is 0. The zero-order chi connectivity index (χ0) is 15.5. The predicted octanol–water partition coefficient (Wildman–Crippen LogP) is 1.88. The zero-order valence-electron chi connectivity index (χ0n) is 11.3. The summed E-state index contributed by atoms with van der Waals surface area (Å²) in [5.41, 5.74) is 0. The molecule has 1 aliphatic rings. The molecule has 5 nitrogen and oxygen atoms in total. The first kappa shape index (κ1) is 16.4. The lowest BCUT2D eigenvalue weighted by molar-refractivity contribution is -0.129. The van der Waals surface area contributed by atoms with Crippen molar-refractivity contribution in [3.63, 3.8) is 0 Å². The Morgan fingerprint density at radius 1 is 1.33 bits per heavy atom. The van der Waals surface area contributed by atoms with E-state index in [2.05, 4.69) is 20.7 Å². The SMILES string of the molecule is O=C(CCNS(=O)(=O)c1ccc(F)cc1Br)N1CCCC1. The summed E-state index contributed by atoms with van der Waals surface area (Å²) in [5.74, 6) is -0.571. The number of halogens is 2. The van der Waals surface area contributed by atoms with Crippen LogP contribution in [0.1, 0.15) is 19.3 Å². The van der Waals surface area contributed by atoms with Crippen LogP contribution in [0, 0.1) is 5.82 Å². The molecule has 0 aliphatic carbocycles. The Balaban J connectivity index is 1.93. The van der Waals surface area contributed by atoms with Crippen molar-refractivity contribution in [2.45, 2.75) is 24.2 Å². The van der Waals surface area contributed by atoms with Gasteiger partial charge in [-0.15, -0.1) is 0 Å². The second kappa shape index (κ2) is 6.85. The molecule has 1 N–H and O–H groups in total. The van der Waals surface area contributed by atoms with Crippen LogP contribution >= 0.6 is 15.9 Å². The van der Waals surface area contributed by atoms with Gasteiger partial charge in [-0.2, -0.15) is 0 Å². The maximum atomic E-state index is 13.0. The number of benzene rings is 1. The molecule has 0 unspecified atom stereocenters. The largest absolute Gasteiger partial charge is 0.343 e. The number of amides is 1. The lowest BCUT2D eigenvalue weighted by Crippen LogP contribution is -2.32. The van der Waals surface area contributed by atoms with Crippen molar-refractivity contribution in [3.8, 4) is 0 Å². The summed E-state index contributed by atoms with van der Waals surface area (Å²) < 4.78 is 39.6. The van der Waals surface area contributed by atoms with Crippen LogP contribution < -0.4 is 4.72 Å². The Bertz CT molecular complexity index is 630. The van der Waals surface area contributed by atoms with Crippen molar-refractivity contribution in [2.24, 2.45) is 0 Å². The third-order valence-electron chi connectivity index (χ3n) is 3.27. The normalized spacial score (nSPS) is 15.4. The highest BCUT2D eigenvalue weighted by Crippen LogP contribution is 2.22. The highest BCUT2D eigenvalue weighted by molar-refractivity contribution is 9.10. The summed E-state index contributed by atoms with van der Waals surface area (Å²) in [7, 11) is -3.76. The van der Waals surface area contributed by atoms with E-state index in [0.717, 1.165) is 38.1 Å². The van der Waals surface area contributed by atoms with Gasteiger partial charge in [-0.05, 0) is 47.0 Å². The number of sulfonamides is 1. The van der Waals surface area contributed by atoms with E-state index < -0.39 is 15.8 Å². The van der Waals surface area contributed by atoms with Gasteiger partial charge in [0.25, 0.3) is 0 Å². The van der Waals surface area contributed by atoms with E-state index in [1.165, 1.54) is 6.07 Å². The van der Waals surface area contributed by atoms with Crippen molar-refractivity contribution >= 4 is 31.9 Å². The third-order valence-corrected chi connectivity index (χ3v) is 5.71. The molecule has 2 rings (SSSR count). The number of rotatable bonds is 5. The lowest BCUT2D eigenvalue weighted by Gasteiger charge is -2.15. The number of likely N-dealkylation sites (tertiary alicyclic amines) is 1. The summed E-state index contributed by atoms with van der Waals surface area (Å²) in [6.45, 7) is 1.52. The van der Waals surface area contributed by atoms with Crippen LogP contribution in [0.4, 0.5) is 4.39 Å². The van der Waals surface area contributed by atoms with E-state index in [1.807, 2.05) is 0 Å².